The normalized spacial score (nSPS) is 11.4. The second kappa shape index (κ2) is 5.09. The van der Waals surface area contributed by atoms with Gasteiger partial charge in [0.25, 0.3) is 0 Å². The predicted octanol–water partition coefficient (Wildman–Crippen LogP) is -1.68. The van der Waals surface area contributed by atoms with E-state index in [0.29, 0.717) is 12.5 Å². The maximum atomic E-state index is 5.16. The molecule has 4 N–H and O–H groups in total. The maximum absolute atomic E-state index is 5.16. The number of nitrogens with one attached hydrogen (secondary N) is 2. The van der Waals surface area contributed by atoms with Crippen LogP contribution in [0, 0.1) is 0 Å². The fraction of sp³-hybridized carbons (Fsp3) is 0.500. The number of aliphatic imine (C=N–C) groups is 1. The summed E-state index contributed by atoms with van der Waals surface area (Å²) in [5.41, 5.74) is 2.43. The van der Waals surface area contributed by atoms with Gasteiger partial charge in [-0.1, -0.05) is 5.21 Å². The first kappa shape index (κ1) is 9.46. The molecule has 0 aliphatic rings. The van der Waals surface area contributed by atoms with E-state index in [-0.39, 0.29) is 0 Å². The van der Waals surface area contributed by atoms with E-state index in [2.05, 4.69) is 26.0 Å². The number of aromatic nitrogens is 3. The van der Waals surface area contributed by atoms with Crippen LogP contribution in [0.3, 0.4) is 0 Å². The number of nitrogens with zero attached hydrogens (tertiary/aromatic N) is 4. The number of hydrazine groups is 1. The van der Waals surface area contributed by atoms with Crippen LogP contribution in [0.15, 0.2) is 17.4 Å². The van der Waals surface area contributed by atoms with Gasteiger partial charge >= 0.3 is 0 Å². The molecule has 72 valence electrons. The van der Waals surface area contributed by atoms with Gasteiger partial charge in [-0.15, -0.1) is 5.10 Å². The Morgan fingerprint density at radius 2 is 2.54 bits per heavy atom. The maximum Gasteiger partial charge on any atom is 0.205 e. The molecule has 0 aliphatic carbocycles. The molecule has 0 atom stereocenters. The second-order valence-electron chi connectivity index (χ2n) is 2.31. The fourth-order valence-electron chi connectivity index (χ4n) is 0.835. The van der Waals surface area contributed by atoms with Gasteiger partial charge in [0, 0.05) is 19.8 Å². The van der Waals surface area contributed by atoms with Gasteiger partial charge in [-0.05, 0) is 0 Å². The summed E-state index contributed by atoms with van der Waals surface area (Å²) in [7, 11) is 1.65. The minimum absolute atomic E-state index is 0.556. The Morgan fingerprint density at radius 3 is 3.08 bits per heavy atom. The molecule has 0 saturated heterocycles. The van der Waals surface area contributed by atoms with Crippen molar-refractivity contribution >= 4 is 5.96 Å². The van der Waals surface area contributed by atoms with Gasteiger partial charge in [0.2, 0.25) is 5.96 Å². The highest BCUT2D eigenvalue weighted by molar-refractivity contribution is 5.78. The number of nitrogens with two attached hydrogens (primary N) is 1. The Kier molecular flexibility index (Phi) is 3.71. The predicted molar refractivity (Wildman–Crippen MR) is 48.7 cm³/mol. The smallest absolute Gasteiger partial charge is 0.205 e. The first-order valence-corrected chi connectivity index (χ1v) is 3.88. The molecular formula is C6H13N7. The topological polar surface area (TPSA) is 93.2 Å². The largest absolute Gasteiger partial charge is 0.353 e. The molecule has 0 bridgehead atoms. The number of hydrogen-bond acceptors (Lipinski definition) is 4. The molecule has 0 radical (unpaired) electrons. The highest BCUT2D eigenvalue weighted by Gasteiger charge is 1.93. The lowest BCUT2D eigenvalue weighted by Crippen LogP contribution is -2.42. The van der Waals surface area contributed by atoms with Gasteiger partial charge in [0.05, 0.1) is 12.7 Å². The molecule has 1 heterocycles. The van der Waals surface area contributed by atoms with E-state index in [9.17, 15) is 0 Å². The van der Waals surface area contributed by atoms with E-state index in [4.69, 9.17) is 5.84 Å². The highest BCUT2D eigenvalue weighted by atomic mass is 15.4. The van der Waals surface area contributed by atoms with Crippen molar-refractivity contribution in [2.24, 2.45) is 10.8 Å². The minimum Gasteiger partial charge on any atom is -0.353 e. The monoisotopic (exact) mass is 183 g/mol. The summed E-state index contributed by atoms with van der Waals surface area (Å²) in [5.74, 6) is 5.72. The molecule has 0 amide bonds. The van der Waals surface area contributed by atoms with Crippen LogP contribution in [0.1, 0.15) is 0 Å². The molecule has 1 aromatic rings. The van der Waals surface area contributed by atoms with E-state index in [1.54, 1.807) is 24.1 Å². The summed E-state index contributed by atoms with van der Waals surface area (Å²) in [5, 5.41) is 10.5. The zero-order valence-corrected chi connectivity index (χ0v) is 7.44. The summed E-state index contributed by atoms with van der Waals surface area (Å²) >= 11 is 0. The SMILES string of the molecule is CN=C(NN)NCCn1ccnn1. The Balaban J connectivity index is 2.21. The van der Waals surface area contributed by atoms with Crippen LogP contribution in [-0.2, 0) is 6.54 Å². The molecule has 0 fully saturated rings. The zero-order valence-electron chi connectivity index (χ0n) is 7.44. The summed E-state index contributed by atoms with van der Waals surface area (Å²) in [6, 6.07) is 0. The van der Waals surface area contributed by atoms with Crippen LogP contribution < -0.4 is 16.6 Å². The van der Waals surface area contributed by atoms with Crippen molar-refractivity contribution in [3.8, 4) is 0 Å². The first-order chi connectivity index (χ1) is 6.36. The average molecular weight is 183 g/mol. The number of rotatable bonds is 3. The first-order valence-electron chi connectivity index (χ1n) is 3.88. The summed E-state index contributed by atoms with van der Waals surface area (Å²) < 4.78 is 1.72. The van der Waals surface area contributed by atoms with E-state index < -0.39 is 0 Å². The Bertz CT molecular complexity index is 252. The van der Waals surface area contributed by atoms with Gasteiger partial charge in [-0.25, -0.2) is 5.84 Å². The van der Waals surface area contributed by atoms with Crippen molar-refractivity contribution in [3.05, 3.63) is 12.4 Å². The third-order valence-electron chi connectivity index (χ3n) is 1.47. The highest BCUT2D eigenvalue weighted by Crippen LogP contribution is 1.78. The van der Waals surface area contributed by atoms with Crippen LogP contribution in [-0.4, -0.2) is 34.5 Å². The lowest BCUT2D eigenvalue weighted by atomic mass is 10.6. The van der Waals surface area contributed by atoms with Crippen molar-refractivity contribution in [1.29, 1.82) is 0 Å². The molecule has 0 unspecified atom stereocenters. The van der Waals surface area contributed by atoms with Crippen molar-refractivity contribution < 1.29 is 0 Å². The summed E-state index contributed by atoms with van der Waals surface area (Å²) in [4.78, 5) is 3.85. The standard InChI is InChI=1S/C6H13N7/c1-8-6(11-7)9-2-4-13-5-3-10-12-13/h3,5H,2,4,7H2,1H3,(H2,8,9,11). The molecule has 0 aromatic carbocycles. The Morgan fingerprint density at radius 1 is 1.69 bits per heavy atom. The molecule has 0 spiro atoms. The molecule has 13 heavy (non-hydrogen) atoms. The van der Waals surface area contributed by atoms with Gasteiger partial charge in [-0.3, -0.25) is 15.1 Å². The van der Waals surface area contributed by atoms with E-state index in [1.165, 1.54) is 0 Å². The van der Waals surface area contributed by atoms with Crippen molar-refractivity contribution in [2.75, 3.05) is 13.6 Å². The molecule has 0 saturated carbocycles. The molecule has 7 heteroatoms. The van der Waals surface area contributed by atoms with Gasteiger partial charge in [0.1, 0.15) is 0 Å². The quantitative estimate of drug-likeness (QED) is 0.225. The van der Waals surface area contributed by atoms with E-state index in [1.807, 2.05) is 0 Å². The van der Waals surface area contributed by atoms with Crippen molar-refractivity contribution in [3.63, 3.8) is 0 Å². The second-order valence-corrected chi connectivity index (χ2v) is 2.31. The van der Waals surface area contributed by atoms with Gasteiger partial charge in [0.15, 0.2) is 0 Å². The lowest BCUT2D eigenvalue weighted by molar-refractivity contribution is 0.577. The van der Waals surface area contributed by atoms with Crippen LogP contribution in [0.25, 0.3) is 0 Å². The lowest BCUT2D eigenvalue weighted by Gasteiger charge is -2.07. The molecule has 1 aromatic heterocycles. The molecular weight excluding hydrogens is 170 g/mol. The summed E-state index contributed by atoms with van der Waals surface area (Å²) in [6.45, 7) is 1.42. The minimum atomic E-state index is 0.556. The Hall–Kier alpha value is -1.63. The van der Waals surface area contributed by atoms with Gasteiger partial charge in [-0.2, -0.15) is 0 Å². The van der Waals surface area contributed by atoms with Crippen LogP contribution >= 0.6 is 0 Å². The van der Waals surface area contributed by atoms with Crippen LogP contribution in [0.4, 0.5) is 0 Å². The van der Waals surface area contributed by atoms with E-state index >= 15 is 0 Å². The fourth-order valence-corrected chi connectivity index (χ4v) is 0.835. The van der Waals surface area contributed by atoms with Crippen LogP contribution in [0.2, 0.25) is 0 Å². The zero-order chi connectivity index (χ0) is 9.52. The molecule has 1 rings (SSSR count). The molecule has 7 nitrogen and oxygen atoms in total. The van der Waals surface area contributed by atoms with Crippen molar-refractivity contribution in [1.82, 2.24) is 25.7 Å². The number of hydrogen-bond donors (Lipinski definition) is 3. The Labute approximate surface area is 76.0 Å². The average Bonchev–Trinajstić information content (AvgIpc) is 2.65. The van der Waals surface area contributed by atoms with Crippen LogP contribution in [0.5, 0.6) is 0 Å². The van der Waals surface area contributed by atoms with E-state index in [0.717, 1.165) is 6.54 Å². The van der Waals surface area contributed by atoms with Gasteiger partial charge < -0.3 is 5.32 Å². The summed E-state index contributed by atoms with van der Waals surface area (Å²) in [6.07, 6.45) is 3.43. The third-order valence-corrected chi connectivity index (χ3v) is 1.47. The molecule has 0 aliphatic heterocycles. The van der Waals surface area contributed by atoms with Crippen molar-refractivity contribution in [2.45, 2.75) is 6.54 Å². The third kappa shape index (κ3) is 3.08. The number of guanidine groups is 1.